The Hall–Kier alpha value is -0.740. The summed E-state index contributed by atoms with van der Waals surface area (Å²) in [5.41, 5.74) is 1.15. The quantitative estimate of drug-likeness (QED) is 0.921. The normalized spacial score (nSPS) is 30.4. The summed E-state index contributed by atoms with van der Waals surface area (Å²) in [5, 5.41) is 3.68. The average molecular weight is 325 g/mol. The first kappa shape index (κ1) is 13.3. The number of ether oxygens (including phenoxy) is 1. The molecule has 1 aromatic carbocycles. The highest BCUT2D eigenvalue weighted by atomic mass is 79.9. The van der Waals surface area contributed by atoms with Gasteiger partial charge >= 0.3 is 0 Å². The molecule has 2 saturated heterocycles. The van der Waals surface area contributed by atoms with Crippen LogP contribution >= 0.6 is 15.9 Å². The molecule has 0 spiro atoms. The highest BCUT2D eigenvalue weighted by Gasteiger charge is 2.38. The molecule has 2 aliphatic rings. The molecule has 0 aliphatic carbocycles. The van der Waals surface area contributed by atoms with Gasteiger partial charge in [0.15, 0.2) is 0 Å². The van der Waals surface area contributed by atoms with Gasteiger partial charge in [-0.25, -0.2) is 0 Å². The van der Waals surface area contributed by atoms with Crippen LogP contribution in [0.5, 0.6) is 5.75 Å². The second-order valence-corrected chi connectivity index (χ2v) is 6.66. The standard InChI is InChI=1S/C15H21BrN2O/c1-18-13-3-4-14(18)8-12(7-13)17-11-5-10(16)6-15(9-11)19-2/h5-6,9,12-14,17H,3-4,7-8H2,1-2H3. The van der Waals surface area contributed by atoms with Crippen molar-refractivity contribution in [3.63, 3.8) is 0 Å². The van der Waals surface area contributed by atoms with Crippen molar-refractivity contribution in [2.45, 2.75) is 43.8 Å². The lowest BCUT2D eigenvalue weighted by atomic mass is 9.98. The van der Waals surface area contributed by atoms with Crippen molar-refractivity contribution in [2.75, 3.05) is 19.5 Å². The molecule has 2 bridgehead atoms. The van der Waals surface area contributed by atoms with Crippen LogP contribution in [-0.4, -0.2) is 37.2 Å². The van der Waals surface area contributed by atoms with E-state index in [-0.39, 0.29) is 0 Å². The van der Waals surface area contributed by atoms with Crippen LogP contribution in [0.2, 0.25) is 0 Å². The Balaban J connectivity index is 1.70. The minimum absolute atomic E-state index is 0.590. The van der Waals surface area contributed by atoms with E-state index in [1.54, 1.807) is 7.11 Å². The maximum absolute atomic E-state index is 5.32. The van der Waals surface area contributed by atoms with E-state index in [9.17, 15) is 0 Å². The number of nitrogens with one attached hydrogen (secondary N) is 1. The predicted molar refractivity (Wildman–Crippen MR) is 81.9 cm³/mol. The highest BCUT2D eigenvalue weighted by Crippen LogP contribution is 2.36. The molecule has 2 heterocycles. The molecule has 2 fully saturated rings. The molecule has 2 unspecified atom stereocenters. The molecule has 0 aromatic heterocycles. The number of nitrogens with zero attached hydrogens (tertiary/aromatic N) is 1. The molecule has 0 saturated carbocycles. The smallest absolute Gasteiger partial charge is 0.122 e. The van der Waals surface area contributed by atoms with Crippen LogP contribution in [0.4, 0.5) is 5.69 Å². The lowest BCUT2D eigenvalue weighted by molar-refractivity contribution is 0.169. The Labute approximate surface area is 123 Å². The van der Waals surface area contributed by atoms with Gasteiger partial charge < -0.3 is 15.0 Å². The fourth-order valence-corrected chi connectivity index (χ4v) is 4.00. The number of rotatable bonds is 3. The molecule has 0 amide bonds. The zero-order chi connectivity index (χ0) is 13.4. The zero-order valence-electron chi connectivity index (χ0n) is 11.5. The third-order valence-electron chi connectivity index (χ3n) is 4.58. The lowest BCUT2D eigenvalue weighted by Gasteiger charge is -2.37. The van der Waals surface area contributed by atoms with Gasteiger partial charge in [-0.1, -0.05) is 15.9 Å². The summed E-state index contributed by atoms with van der Waals surface area (Å²) in [7, 11) is 3.99. The second-order valence-electron chi connectivity index (χ2n) is 5.74. The maximum Gasteiger partial charge on any atom is 0.122 e. The minimum Gasteiger partial charge on any atom is -0.497 e. The van der Waals surface area contributed by atoms with E-state index in [1.807, 2.05) is 6.07 Å². The summed E-state index contributed by atoms with van der Waals surface area (Å²) in [4.78, 5) is 2.57. The summed E-state index contributed by atoms with van der Waals surface area (Å²) in [6.45, 7) is 0. The molecule has 19 heavy (non-hydrogen) atoms. The first-order chi connectivity index (χ1) is 9.15. The summed E-state index contributed by atoms with van der Waals surface area (Å²) < 4.78 is 6.38. The van der Waals surface area contributed by atoms with Gasteiger partial charge in [-0.15, -0.1) is 0 Å². The molecule has 2 aliphatic heterocycles. The van der Waals surface area contributed by atoms with Crippen molar-refractivity contribution in [3.05, 3.63) is 22.7 Å². The lowest BCUT2D eigenvalue weighted by Crippen LogP contribution is -2.44. The Bertz CT molecular complexity index is 451. The number of benzene rings is 1. The van der Waals surface area contributed by atoms with E-state index in [0.717, 1.165) is 28.0 Å². The van der Waals surface area contributed by atoms with Crippen LogP contribution in [0.1, 0.15) is 25.7 Å². The summed E-state index contributed by atoms with van der Waals surface area (Å²) >= 11 is 3.54. The van der Waals surface area contributed by atoms with Crippen LogP contribution < -0.4 is 10.1 Å². The summed E-state index contributed by atoms with van der Waals surface area (Å²) in [5.74, 6) is 0.896. The van der Waals surface area contributed by atoms with Crippen molar-refractivity contribution in [3.8, 4) is 5.75 Å². The van der Waals surface area contributed by atoms with Crippen LogP contribution in [-0.2, 0) is 0 Å². The Morgan fingerprint density at radius 3 is 2.53 bits per heavy atom. The van der Waals surface area contributed by atoms with Crippen LogP contribution in [0, 0.1) is 0 Å². The number of piperidine rings is 1. The third-order valence-corrected chi connectivity index (χ3v) is 5.03. The Kier molecular flexibility index (Phi) is 3.72. The van der Waals surface area contributed by atoms with Gasteiger partial charge in [0.1, 0.15) is 5.75 Å². The first-order valence-corrected chi connectivity index (χ1v) is 7.78. The third kappa shape index (κ3) is 2.75. The summed E-state index contributed by atoms with van der Waals surface area (Å²) in [6.07, 6.45) is 5.23. The van der Waals surface area contributed by atoms with Crippen molar-refractivity contribution >= 4 is 21.6 Å². The SMILES string of the molecule is COc1cc(Br)cc(NC2CC3CCC(C2)N3C)c1. The summed E-state index contributed by atoms with van der Waals surface area (Å²) in [6, 6.07) is 8.32. The molecule has 2 atom stereocenters. The van der Waals surface area contributed by atoms with Crippen LogP contribution in [0.3, 0.4) is 0 Å². The van der Waals surface area contributed by atoms with Crippen molar-refractivity contribution in [2.24, 2.45) is 0 Å². The van der Waals surface area contributed by atoms with Gasteiger partial charge in [-0.2, -0.15) is 0 Å². The van der Waals surface area contributed by atoms with Gasteiger partial charge in [0.05, 0.1) is 7.11 Å². The molecule has 3 nitrogen and oxygen atoms in total. The van der Waals surface area contributed by atoms with Crippen LogP contribution in [0.25, 0.3) is 0 Å². The number of hydrogen-bond donors (Lipinski definition) is 1. The van der Waals surface area contributed by atoms with E-state index >= 15 is 0 Å². The maximum atomic E-state index is 5.32. The monoisotopic (exact) mass is 324 g/mol. The molecular formula is C15H21BrN2O. The van der Waals surface area contributed by atoms with Crippen molar-refractivity contribution in [1.29, 1.82) is 0 Å². The minimum atomic E-state index is 0.590. The van der Waals surface area contributed by atoms with Gasteiger partial charge in [0.2, 0.25) is 0 Å². The molecule has 4 heteroatoms. The van der Waals surface area contributed by atoms with E-state index in [0.29, 0.717) is 6.04 Å². The number of methoxy groups -OCH3 is 1. The molecule has 0 radical (unpaired) electrons. The largest absolute Gasteiger partial charge is 0.497 e. The fraction of sp³-hybridized carbons (Fsp3) is 0.600. The van der Waals surface area contributed by atoms with E-state index < -0.39 is 0 Å². The molecule has 1 aromatic rings. The van der Waals surface area contributed by atoms with Crippen molar-refractivity contribution < 1.29 is 4.74 Å². The Morgan fingerprint density at radius 2 is 1.89 bits per heavy atom. The predicted octanol–water partition coefficient (Wildman–Crippen LogP) is 3.49. The van der Waals surface area contributed by atoms with Gasteiger partial charge in [0, 0.05) is 34.4 Å². The number of anilines is 1. The van der Waals surface area contributed by atoms with E-state index in [4.69, 9.17) is 4.74 Å². The fourth-order valence-electron chi connectivity index (χ4n) is 3.53. The van der Waals surface area contributed by atoms with E-state index in [2.05, 4.69) is 45.3 Å². The topological polar surface area (TPSA) is 24.5 Å². The second kappa shape index (κ2) is 5.33. The van der Waals surface area contributed by atoms with Crippen LogP contribution in [0.15, 0.2) is 22.7 Å². The number of hydrogen-bond acceptors (Lipinski definition) is 3. The molecule has 104 valence electrons. The average Bonchev–Trinajstić information content (AvgIpc) is 2.62. The van der Waals surface area contributed by atoms with Gasteiger partial charge in [-0.05, 0) is 44.9 Å². The number of halogens is 1. The van der Waals surface area contributed by atoms with Gasteiger partial charge in [0.25, 0.3) is 0 Å². The molecular weight excluding hydrogens is 304 g/mol. The van der Waals surface area contributed by atoms with Gasteiger partial charge in [-0.3, -0.25) is 0 Å². The first-order valence-electron chi connectivity index (χ1n) is 6.99. The van der Waals surface area contributed by atoms with Crippen molar-refractivity contribution in [1.82, 2.24) is 4.90 Å². The molecule has 1 N–H and O–H groups in total. The van der Waals surface area contributed by atoms with E-state index in [1.165, 1.54) is 25.7 Å². The number of fused-ring (bicyclic) bond motifs is 2. The molecule has 3 rings (SSSR count). The highest BCUT2D eigenvalue weighted by molar-refractivity contribution is 9.10. The zero-order valence-corrected chi connectivity index (χ0v) is 13.1. The Morgan fingerprint density at radius 1 is 1.21 bits per heavy atom.